The van der Waals surface area contributed by atoms with Crippen molar-refractivity contribution in [3.05, 3.63) is 0 Å². The number of likely N-dealkylation sites (tertiary alicyclic amines) is 1. The number of amides is 3. The molecule has 2 fully saturated rings. The van der Waals surface area contributed by atoms with Crippen LogP contribution in [-0.2, 0) is 14.3 Å². The molecule has 2 N–H and O–H groups in total. The fourth-order valence-electron chi connectivity index (χ4n) is 3.56. The second-order valence-electron chi connectivity index (χ2n) is 7.76. The second kappa shape index (κ2) is 10.5. The molecule has 154 valence electrons. The lowest BCUT2D eigenvalue weighted by molar-refractivity contribution is -0.134. The normalized spacial score (nSPS) is 21.9. The zero-order valence-electron chi connectivity index (χ0n) is 16.8. The van der Waals surface area contributed by atoms with Crippen LogP contribution in [0.25, 0.3) is 0 Å². The van der Waals surface area contributed by atoms with Gasteiger partial charge in [-0.2, -0.15) is 0 Å². The third kappa shape index (κ3) is 6.68. The molecule has 0 aromatic heterocycles. The van der Waals surface area contributed by atoms with Gasteiger partial charge in [-0.25, -0.2) is 4.79 Å². The number of carbonyl (C=O) groups excluding carboxylic acids is 3. The quantitative estimate of drug-likeness (QED) is 0.684. The number of nitrogens with one attached hydrogen (secondary N) is 2. The summed E-state index contributed by atoms with van der Waals surface area (Å²) in [7, 11) is 0. The van der Waals surface area contributed by atoms with Crippen LogP contribution in [0.3, 0.4) is 0 Å². The van der Waals surface area contributed by atoms with Crippen LogP contribution in [0, 0.1) is 5.92 Å². The number of hydrogen-bond donors (Lipinski definition) is 2. The zero-order chi connectivity index (χ0) is 19.8. The summed E-state index contributed by atoms with van der Waals surface area (Å²) in [5.41, 5.74) is 0. The van der Waals surface area contributed by atoms with Crippen LogP contribution in [-0.4, -0.2) is 79.1 Å². The fraction of sp³-hybridized carbons (Fsp3) is 0.842. The van der Waals surface area contributed by atoms with Crippen molar-refractivity contribution in [2.75, 3.05) is 39.3 Å². The number of piperazine rings is 1. The zero-order valence-corrected chi connectivity index (χ0v) is 16.8. The summed E-state index contributed by atoms with van der Waals surface area (Å²) < 4.78 is 5.01. The third-order valence-corrected chi connectivity index (χ3v) is 5.20. The molecule has 8 nitrogen and oxygen atoms in total. The summed E-state index contributed by atoms with van der Waals surface area (Å²) in [6.07, 6.45) is 2.32. The number of piperidine rings is 1. The van der Waals surface area contributed by atoms with Gasteiger partial charge in [-0.1, -0.05) is 13.8 Å². The molecule has 27 heavy (non-hydrogen) atoms. The van der Waals surface area contributed by atoms with E-state index in [4.69, 9.17) is 4.74 Å². The summed E-state index contributed by atoms with van der Waals surface area (Å²) in [6.45, 7) is 9.89. The van der Waals surface area contributed by atoms with Gasteiger partial charge in [0.05, 0.1) is 19.1 Å². The first kappa shape index (κ1) is 21.5. The third-order valence-electron chi connectivity index (χ3n) is 5.20. The van der Waals surface area contributed by atoms with Crippen molar-refractivity contribution in [3.63, 3.8) is 0 Å². The highest BCUT2D eigenvalue weighted by molar-refractivity contribution is 5.88. The van der Waals surface area contributed by atoms with Gasteiger partial charge >= 0.3 is 6.09 Å². The smallest absolute Gasteiger partial charge is 0.409 e. The van der Waals surface area contributed by atoms with Crippen molar-refractivity contribution in [2.45, 2.75) is 58.5 Å². The van der Waals surface area contributed by atoms with E-state index < -0.39 is 6.04 Å². The maximum atomic E-state index is 12.5. The van der Waals surface area contributed by atoms with Gasteiger partial charge in [0.2, 0.25) is 11.8 Å². The van der Waals surface area contributed by atoms with E-state index in [9.17, 15) is 14.4 Å². The Bertz CT molecular complexity index is 518. The van der Waals surface area contributed by atoms with Crippen molar-refractivity contribution in [1.29, 1.82) is 0 Å². The SMILES string of the molecule is CCOC(=O)N1CCC(NC(=O)CC2C(=O)NCCN2CCC(C)C)CC1. The summed E-state index contributed by atoms with van der Waals surface area (Å²) in [6, 6.07) is -0.351. The van der Waals surface area contributed by atoms with E-state index in [1.54, 1.807) is 11.8 Å². The van der Waals surface area contributed by atoms with Crippen molar-refractivity contribution >= 4 is 17.9 Å². The Balaban J connectivity index is 1.79. The van der Waals surface area contributed by atoms with E-state index in [-0.39, 0.29) is 30.4 Å². The van der Waals surface area contributed by atoms with Gasteiger partial charge in [0.25, 0.3) is 0 Å². The van der Waals surface area contributed by atoms with Crippen LogP contribution in [0.15, 0.2) is 0 Å². The number of ether oxygens (including phenoxy) is 1. The minimum absolute atomic E-state index is 0.0407. The average molecular weight is 383 g/mol. The van der Waals surface area contributed by atoms with Crippen LogP contribution < -0.4 is 10.6 Å². The van der Waals surface area contributed by atoms with Crippen LogP contribution in [0.1, 0.15) is 46.5 Å². The highest BCUT2D eigenvalue weighted by atomic mass is 16.6. The van der Waals surface area contributed by atoms with Gasteiger partial charge in [-0.15, -0.1) is 0 Å². The second-order valence-corrected chi connectivity index (χ2v) is 7.76. The van der Waals surface area contributed by atoms with E-state index >= 15 is 0 Å². The van der Waals surface area contributed by atoms with E-state index in [0.29, 0.717) is 45.0 Å². The Kier molecular flexibility index (Phi) is 8.34. The summed E-state index contributed by atoms with van der Waals surface area (Å²) in [5.74, 6) is 0.410. The van der Waals surface area contributed by atoms with Crippen LogP contribution in [0.2, 0.25) is 0 Å². The molecule has 0 saturated carbocycles. The van der Waals surface area contributed by atoms with Gasteiger partial charge in [-0.3, -0.25) is 14.5 Å². The van der Waals surface area contributed by atoms with Gasteiger partial charge in [0, 0.05) is 32.2 Å². The van der Waals surface area contributed by atoms with Gasteiger partial charge in [0.15, 0.2) is 0 Å². The molecule has 0 bridgehead atoms. The fourth-order valence-corrected chi connectivity index (χ4v) is 3.56. The van der Waals surface area contributed by atoms with Crippen molar-refractivity contribution in [2.24, 2.45) is 5.92 Å². The van der Waals surface area contributed by atoms with Crippen LogP contribution in [0.5, 0.6) is 0 Å². The predicted molar refractivity (Wildman–Crippen MR) is 102 cm³/mol. The molecule has 0 aliphatic carbocycles. The van der Waals surface area contributed by atoms with Crippen molar-refractivity contribution in [1.82, 2.24) is 20.4 Å². The number of rotatable bonds is 7. The molecular weight excluding hydrogens is 348 g/mol. The topological polar surface area (TPSA) is 91.0 Å². The van der Waals surface area contributed by atoms with E-state index in [1.165, 1.54) is 0 Å². The Hall–Kier alpha value is -1.83. The molecule has 2 saturated heterocycles. The molecule has 0 aromatic rings. The first-order valence-electron chi connectivity index (χ1n) is 10.1. The predicted octanol–water partition coefficient (Wildman–Crippen LogP) is 0.960. The minimum Gasteiger partial charge on any atom is -0.450 e. The highest BCUT2D eigenvalue weighted by Crippen LogP contribution is 2.15. The van der Waals surface area contributed by atoms with Gasteiger partial charge in [0.1, 0.15) is 0 Å². The molecule has 2 aliphatic heterocycles. The Morgan fingerprint density at radius 1 is 1.26 bits per heavy atom. The summed E-state index contributed by atoms with van der Waals surface area (Å²) >= 11 is 0. The first-order valence-corrected chi connectivity index (χ1v) is 10.1. The molecule has 8 heteroatoms. The lowest BCUT2D eigenvalue weighted by Crippen LogP contribution is -2.57. The van der Waals surface area contributed by atoms with E-state index in [0.717, 1.165) is 19.5 Å². The van der Waals surface area contributed by atoms with Crippen molar-refractivity contribution < 1.29 is 19.1 Å². The monoisotopic (exact) mass is 382 g/mol. The molecule has 2 rings (SSSR count). The lowest BCUT2D eigenvalue weighted by atomic mass is 10.0. The molecule has 3 amide bonds. The highest BCUT2D eigenvalue weighted by Gasteiger charge is 2.32. The molecule has 1 atom stereocenters. The Morgan fingerprint density at radius 2 is 1.96 bits per heavy atom. The Labute approximate surface area is 162 Å². The maximum Gasteiger partial charge on any atom is 0.409 e. The lowest BCUT2D eigenvalue weighted by Gasteiger charge is -2.36. The first-order chi connectivity index (χ1) is 12.9. The molecular formula is C19H34N4O4. The van der Waals surface area contributed by atoms with Gasteiger partial charge in [-0.05, 0) is 38.6 Å². The van der Waals surface area contributed by atoms with Crippen LogP contribution in [0.4, 0.5) is 4.79 Å². The van der Waals surface area contributed by atoms with Gasteiger partial charge < -0.3 is 20.3 Å². The minimum atomic E-state index is -0.392. The molecule has 1 unspecified atom stereocenters. The summed E-state index contributed by atoms with van der Waals surface area (Å²) in [4.78, 5) is 40.3. The molecule has 2 heterocycles. The molecule has 2 aliphatic rings. The molecule has 0 spiro atoms. The van der Waals surface area contributed by atoms with Crippen LogP contribution >= 0.6 is 0 Å². The Morgan fingerprint density at radius 3 is 2.59 bits per heavy atom. The van der Waals surface area contributed by atoms with E-state index in [2.05, 4.69) is 29.4 Å². The molecule has 0 aromatic carbocycles. The molecule has 0 radical (unpaired) electrons. The maximum absolute atomic E-state index is 12.5. The number of hydrogen-bond acceptors (Lipinski definition) is 5. The largest absolute Gasteiger partial charge is 0.450 e. The van der Waals surface area contributed by atoms with Crippen molar-refractivity contribution in [3.8, 4) is 0 Å². The number of carbonyl (C=O) groups is 3. The summed E-state index contributed by atoms with van der Waals surface area (Å²) in [5, 5.41) is 5.91. The number of nitrogens with zero attached hydrogens (tertiary/aromatic N) is 2. The average Bonchev–Trinajstić information content (AvgIpc) is 2.63. The standard InChI is InChI=1S/C19H34N4O4/c1-4-27-19(26)23-10-6-15(7-11-23)21-17(24)13-16-18(25)20-8-12-22(16)9-5-14(2)3/h14-16H,4-13H2,1-3H3,(H,20,25)(H,21,24). The van der Waals surface area contributed by atoms with E-state index in [1.807, 2.05) is 0 Å².